The van der Waals surface area contributed by atoms with Crippen LogP contribution < -0.4 is 16.0 Å². The van der Waals surface area contributed by atoms with Crippen LogP contribution in [0.15, 0.2) is 18.2 Å². The van der Waals surface area contributed by atoms with Gasteiger partial charge < -0.3 is 25.6 Å². The van der Waals surface area contributed by atoms with Crippen LogP contribution in [-0.2, 0) is 4.74 Å². The molecule has 3 N–H and O–H groups in total. The van der Waals surface area contributed by atoms with Crippen LogP contribution in [0.4, 0.5) is 16.2 Å². The molecule has 0 saturated carbocycles. The van der Waals surface area contributed by atoms with Gasteiger partial charge in [0, 0.05) is 27.2 Å². The number of hydrogen-bond donors (Lipinski definition) is 2. The molecular weight excluding hydrogens is 272 g/mol. The van der Waals surface area contributed by atoms with Gasteiger partial charge >= 0.3 is 12.0 Å². The standard InChI is InChI=1S/C14H20N4O3/c1-17(2)12-4-3-10(9-11(12)15)13(19)21-8-7-18-6-5-16-14(18)20/h3-4,9H,5-8,15H2,1-2H3,(H,16,20). The van der Waals surface area contributed by atoms with E-state index in [1.165, 1.54) is 0 Å². The van der Waals surface area contributed by atoms with E-state index in [9.17, 15) is 9.59 Å². The zero-order valence-corrected chi connectivity index (χ0v) is 12.3. The number of benzene rings is 1. The van der Waals surface area contributed by atoms with Crippen LogP contribution in [0, 0.1) is 0 Å². The molecule has 0 bridgehead atoms. The molecule has 0 radical (unpaired) electrons. The fourth-order valence-corrected chi connectivity index (χ4v) is 2.15. The normalized spacial score (nSPS) is 14.0. The minimum Gasteiger partial charge on any atom is -0.460 e. The molecule has 7 nitrogen and oxygen atoms in total. The second-order valence-corrected chi connectivity index (χ2v) is 5.02. The summed E-state index contributed by atoms with van der Waals surface area (Å²) in [5.74, 6) is -0.438. The van der Waals surface area contributed by atoms with Crippen molar-refractivity contribution in [2.75, 3.05) is 51.0 Å². The molecule has 2 amide bonds. The lowest BCUT2D eigenvalue weighted by Gasteiger charge is -2.16. The minimum absolute atomic E-state index is 0.120. The van der Waals surface area contributed by atoms with Gasteiger partial charge in [-0.1, -0.05) is 0 Å². The summed E-state index contributed by atoms with van der Waals surface area (Å²) in [5.41, 5.74) is 7.67. The van der Waals surface area contributed by atoms with Crippen molar-refractivity contribution < 1.29 is 14.3 Å². The summed E-state index contributed by atoms with van der Waals surface area (Å²) in [4.78, 5) is 26.7. The van der Waals surface area contributed by atoms with Crippen LogP contribution in [0.2, 0.25) is 0 Å². The third-order valence-electron chi connectivity index (χ3n) is 3.28. The number of rotatable bonds is 5. The van der Waals surface area contributed by atoms with Crippen LogP contribution in [-0.4, -0.2) is 57.2 Å². The first kappa shape index (κ1) is 15.0. The number of hydrogen-bond acceptors (Lipinski definition) is 5. The monoisotopic (exact) mass is 292 g/mol. The van der Waals surface area contributed by atoms with E-state index in [-0.39, 0.29) is 12.6 Å². The van der Waals surface area contributed by atoms with Crippen LogP contribution in [0.5, 0.6) is 0 Å². The molecule has 7 heteroatoms. The van der Waals surface area contributed by atoms with Crippen LogP contribution >= 0.6 is 0 Å². The number of nitrogens with two attached hydrogens (primary N) is 1. The molecule has 0 atom stereocenters. The van der Waals surface area contributed by atoms with E-state index in [0.717, 1.165) is 5.69 Å². The molecule has 21 heavy (non-hydrogen) atoms. The third-order valence-corrected chi connectivity index (χ3v) is 3.28. The fraction of sp³-hybridized carbons (Fsp3) is 0.429. The Morgan fingerprint density at radius 2 is 2.24 bits per heavy atom. The second-order valence-electron chi connectivity index (χ2n) is 5.02. The van der Waals surface area contributed by atoms with E-state index in [1.807, 2.05) is 19.0 Å². The van der Waals surface area contributed by atoms with Gasteiger partial charge in [0.05, 0.1) is 23.5 Å². The molecule has 1 heterocycles. The van der Waals surface area contributed by atoms with Crippen molar-refractivity contribution in [1.29, 1.82) is 0 Å². The largest absolute Gasteiger partial charge is 0.460 e. The maximum absolute atomic E-state index is 11.9. The van der Waals surface area contributed by atoms with Crippen molar-refractivity contribution in [3.63, 3.8) is 0 Å². The van der Waals surface area contributed by atoms with E-state index in [4.69, 9.17) is 10.5 Å². The summed E-state index contributed by atoms with van der Waals surface area (Å²) in [6.07, 6.45) is 0. The van der Waals surface area contributed by atoms with E-state index < -0.39 is 5.97 Å². The van der Waals surface area contributed by atoms with Crippen molar-refractivity contribution in [3.8, 4) is 0 Å². The number of anilines is 2. The van der Waals surface area contributed by atoms with Crippen LogP contribution in [0.1, 0.15) is 10.4 Å². The Morgan fingerprint density at radius 3 is 2.81 bits per heavy atom. The SMILES string of the molecule is CN(C)c1ccc(C(=O)OCCN2CCNC2=O)cc1N. The Bertz CT molecular complexity index is 545. The highest BCUT2D eigenvalue weighted by Crippen LogP contribution is 2.22. The molecule has 0 aromatic heterocycles. The zero-order valence-electron chi connectivity index (χ0n) is 12.3. The van der Waals surface area contributed by atoms with Crippen molar-refractivity contribution in [2.45, 2.75) is 0 Å². The average molecular weight is 292 g/mol. The molecule has 1 aromatic carbocycles. The quantitative estimate of drug-likeness (QED) is 0.610. The number of carbonyl (C=O) groups excluding carboxylic acids is 2. The summed E-state index contributed by atoms with van der Waals surface area (Å²) in [7, 11) is 3.76. The second kappa shape index (κ2) is 6.34. The number of esters is 1. The lowest BCUT2D eigenvalue weighted by molar-refractivity contribution is 0.0481. The van der Waals surface area contributed by atoms with Crippen molar-refractivity contribution in [2.24, 2.45) is 0 Å². The molecule has 2 rings (SSSR count). The first-order chi connectivity index (χ1) is 9.99. The molecule has 1 aliphatic heterocycles. The summed E-state index contributed by atoms with van der Waals surface area (Å²) in [6.45, 7) is 1.83. The van der Waals surface area contributed by atoms with E-state index >= 15 is 0 Å². The van der Waals surface area contributed by atoms with E-state index in [1.54, 1.807) is 23.1 Å². The van der Waals surface area contributed by atoms with Crippen LogP contribution in [0.3, 0.4) is 0 Å². The molecule has 1 aromatic rings. The highest BCUT2D eigenvalue weighted by molar-refractivity contribution is 5.92. The van der Waals surface area contributed by atoms with E-state index in [2.05, 4.69) is 5.32 Å². The van der Waals surface area contributed by atoms with E-state index in [0.29, 0.717) is 30.9 Å². The molecule has 114 valence electrons. The fourth-order valence-electron chi connectivity index (χ4n) is 2.15. The van der Waals surface area contributed by atoms with Gasteiger partial charge in [-0.15, -0.1) is 0 Å². The number of nitrogen functional groups attached to an aromatic ring is 1. The van der Waals surface area contributed by atoms with Crippen LogP contribution in [0.25, 0.3) is 0 Å². The number of ether oxygens (including phenoxy) is 1. The number of nitrogens with one attached hydrogen (secondary N) is 1. The molecule has 1 saturated heterocycles. The summed E-state index contributed by atoms with van der Waals surface area (Å²) in [6, 6.07) is 4.93. The van der Waals surface area contributed by atoms with Gasteiger partial charge in [-0.2, -0.15) is 0 Å². The smallest absolute Gasteiger partial charge is 0.338 e. The molecular formula is C14H20N4O3. The van der Waals surface area contributed by atoms with Gasteiger partial charge in [0.25, 0.3) is 0 Å². The Kier molecular flexibility index (Phi) is 4.52. The Balaban J connectivity index is 1.88. The molecule has 0 unspecified atom stereocenters. The molecule has 1 fully saturated rings. The van der Waals surface area contributed by atoms with Gasteiger partial charge in [0.1, 0.15) is 6.61 Å². The number of urea groups is 1. The van der Waals surface area contributed by atoms with Gasteiger partial charge in [0.15, 0.2) is 0 Å². The first-order valence-electron chi connectivity index (χ1n) is 6.76. The van der Waals surface area contributed by atoms with Gasteiger partial charge in [-0.25, -0.2) is 9.59 Å². The molecule has 0 spiro atoms. The van der Waals surface area contributed by atoms with Gasteiger partial charge in [-0.3, -0.25) is 0 Å². The Morgan fingerprint density at radius 1 is 1.48 bits per heavy atom. The summed E-state index contributed by atoms with van der Waals surface area (Å²) >= 11 is 0. The maximum atomic E-state index is 11.9. The van der Waals surface area contributed by atoms with Gasteiger partial charge in [0.2, 0.25) is 0 Å². The topological polar surface area (TPSA) is 87.9 Å². The lowest BCUT2D eigenvalue weighted by Crippen LogP contribution is -2.31. The summed E-state index contributed by atoms with van der Waals surface area (Å²) in [5, 5.41) is 2.69. The predicted octanol–water partition coefficient (Wildman–Crippen LogP) is 0.517. The highest BCUT2D eigenvalue weighted by Gasteiger charge is 2.19. The number of amides is 2. The first-order valence-corrected chi connectivity index (χ1v) is 6.76. The van der Waals surface area contributed by atoms with Crippen molar-refractivity contribution in [3.05, 3.63) is 23.8 Å². The van der Waals surface area contributed by atoms with Gasteiger partial charge in [-0.05, 0) is 18.2 Å². The van der Waals surface area contributed by atoms with Crippen molar-refractivity contribution >= 4 is 23.4 Å². The highest BCUT2D eigenvalue weighted by atomic mass is 16.5. The average Bonchev–Trinajstić information content (AvgIpc) is 2.83. The zero-order chi connectivity index (χ0) is 15.4. The number of nitrogens with zero attached hydrogens (tertiary/aromatic N) is 2. The number of carbonyl (C=O) groups is 2. The lowest BCUT2D eigenvalue weighted by atomic mass is 10.1. The molecule has 1 aliphatic rings. The van der Waals surface area contributed by atoms with Crippen molar-refractivity contribution in [1.82, 2.24) is 10.2 Å². The predicted molar refractivity (Wildman–Crippen MR) is 80.4 cm³/mol. The summed E-state index contributed by atoms with van der Waals surface area (Å²) < 4.78 is 5.16. The Hall–Kier alpha value is -2.44. The third kappa shape index (κ3) is 3.56. The maximum Gasteiger partial charge on any atom is 0.338 e. The minimum atomic E-state index is -0.438. The Labute approximate surface area is 123 Å². The molecule has 0 aliphatic carbocycles.